The number of rotatable bonds is 4. The quantitative estimate of drug-likeness (QED) is 0.603. The summed E-state index contributed by atoms with van der Waals surface area (Å²) in [4.78, 5) is 28.7. The van der Waals surface area contributed by atoms with Crippen LogP contribution >= 0.6 is 0 Å². The van der Waals surface area contributed by atoms with Gasteiger partial charge in [-0.3, -0.25) is 14.4 Å². The SMILES string of the molecule is COC(=O)C1CN(OCc2ccccc2)CCC1=O. The molecule has 1 unspecified atom stereocenters. The van der Waals surface area contributed by atoms with Crippen LogP contribution in [0.5, 0.6) is 0 Å². The molecule has 0 aliphatic carbocycles. The Hall–Kier alpha value is -1.72. The van der Waals surface area contributed by atoms with Gasteiger partial charge in [-0.25, -0.2) is 0 Å². The monoisotopic (exact) mass is 263 g/mol. The van der Waals surface area contributed by atoms with Crippen molar-refractivity contribution in [1.82, 2.24) is 5.06 Å². The minimum Gasteiger partial charge on any atom is -0.468 e. The van der Waals surface area contributed by atoms with Crippen LogP contribution in [0.3, 0.4) is 0 Å². The third-order valence-corrected chi connectivity index (χ3v) is 3.12. The zero-order valence-electron chi connectivity index (χ0n) is 10.9. The van der Waals surface area contributed by atoms with Crippen molar-refractivity contribution in [3.8, 4) is 0 Å². The number of benzene rings is 1. The number of hydrogen-bond acceptors (Lipinski definition) is 5. The van der Waals surface area contributed by atoms with E-state index < -0.39 is 11.9 Å². The molecule has 1 aromatic carbocycles. The Labute approximate surface area is 112 Å². The summed E-state index contributed by atoms with van der Waals surface area (Å²) in [5.74, 6) is -1.29. The van der Waals surface area contributed by atoms with Crippen molar-refractivity contribution in [3.05, 3.63) is 35.9 Å². The van der Waals surface area contributed by atoms with Gasteiger partial charge in [0.2, 0.25) is 0 Å². The number of carbonyl (C=O) groups is 2. The van der Waals surface area contributed by atoms with Crippen LogP contribution in [-0.2, 0) is 25.8 Å². The van der Waals surface area contributed by atoms with Gasteiger partial charge < -0.3 is 4.74 Å². The van der Waals surface area contributed by atoms with Crippen molar-refractivity contribution >= 4 is 11.8 Å². The smallest absolute Gasteiger partial charge is 0.317 e. The average Bonchev–Trinajstić information content (AvgIpc) is 2.46. The number of ether oxygens (including phenoxy) is 1. The number of hydrogen-bond donors (Lipinski definition) is 0. The van der Waals surface area contributed by atoms with E-state index in [9.17, 15) is 9.59 Å². The van der Waals surface area contributed by atoms with E-state index in [1.807, 2.05) is 30.3 Å². The van der Waals surface area contributed by atoms with Gasteiger partial charge in [-0.05, 0) is 5.56 Å². The summed E-state index contributed by atoms with van der Waals surface area (Å²) in [6.07, 6.45) is 0.314. The lowest BCUT2D eigenvalue weighted by atomic mass is 9.98. The van der Waals surface area contributed by atoms with Crippen LogP contribution in [0.15, 0.2) is 30.3 Å². The molecule has 1 saturated heterocycles. The number of methoxy groups -OCH3 is 1. The van der Waals surface area contributed by atoms with Crippen molar-refractivity contribution in [1.29, 1.82) is 0 Å². The van der Waals surface area contributed by atoms with Gasteiger partial charge in [0.15, 0.2) is 0 Å². The van der Waals surface area contributed by atoms with E-state index in [1.54, 1.807) is 5.06 Å². The number of ketones is 1. The van der Waals surface area contributed by atoms with Crippen LogP contribution < -0.4 is 0 Å². The molecule has 5 heteroatoms. The summed E-state index contributed by atoms with van der Waals surface area (Å²) < 4.78 is 4.63. The van der Waals surface area contributed by atoms with E-state index in [1.165, 1.54) is 7.11 Å². The maximum Gasteiger partial charge on any atom is 0.317 e. The zero-order valence-corrected chi connectivity index (χ0v) is 10.9. The van der Waals surface area contributed by atoms with Crippen molar-refractivity contribution in [2.24, 2.45) is 5.92 Å². The predicted molar refractivity (Wildman–Crippen MR) is 67.9 cm³/mol. The molecule has 1 aromatic rings. The van der Waals surface area contributed by atoms with Crippen molar-refractivity contribution < 1.29 is 19.2 Å². The van der Waals surface area contributed by atoms with Gasteiger partial charge in [0.05, 0.1) is 13.7 Å². The Morgan fingerprint density at radius 1 is 1.37 bits per heavy atom. The molecule has 0 spiro atoms. The van der Waals surface area contributed by atoms with Crippen LogP contribution in [0.25, 0.3) is 0 Å². The Kier molecular flexibility index (Phi) is 4.65. The van der Waals surface area contributed by atoms with E-state index >= 15 is 0 Å². The van der Waals surface area contributed by atoms with Crippen molar-refractivity contribution in [3.63, 3.8) is 0 Å². The second kappa shape index (κ2) is 6.45. The molecule has 0 saturated carbocycles. The number of esters is 1. The highest BCUT2D eigenvalue weighted by atomic mass is 16.7. The summed E-state index contributed by atoms with van der Waals surface area (Å²) in [5, 5.41) is 1.66. The van der Waals surface area contributed by atoms with Gasteiger partial charge in [0, 0.05) is 19.5 Å². The first-order chi connectivity index (χ1) is 9.20. The molecule has 0 N–H and O–H groups in total. The van der Waals surface area contributed by atoms with Gasteiger partial charge in [-0.15, -0.1) is 0 Å². The number of Topliss-reactive ketones (excluding diaryl/α,β-unsaturated/α-hetero) is 1. The zero-order chi connectivity index (χ0) is 13.7. The molecule has 0 aromatic heterocycles. The lowest BCUT2D eigenvalue weighted by molar-refractivity contribution is -0.194. The Morgan fingerprint density at radius 2 is 2.11 bits per heavy atom. The summed E-state index contributed by atoms with van der Waals surface area (Å²) >= 11 is 0. The van der Waals surface area contributed by atoms with Crippen molar-refractivity contribution in [2.45, 2.75) is 13.0 Å². The molecule has 0 amide bonds. The molecule has 5 nitrogen and oxygen atoms in total. The fourth-order valence-corrected chi connectivity index (χ4v) is 2.01. The Morgan fingerprint density at radius 3 is 2.79 bits per heavy atom. The molecule has 0 radical (unpaired) electrons. The molecule has 102 valence electrons. The molecule has 19 heavy (non-hydrogen) atoms. The van der Waals surface area contributed by atoms with Gasteiger partial charge in [-0.2, -0.15) is 5.06 Å². The van der Waals surface area contributed by atoms with E-state index in [4.69, 9.17) is 4.84 Å². The number of piperidine rings is 1. The first-order valence-corrected chi connectivity index (χ1v) is 6.23. The minimum atomic E-state index is -0.727. The van der Waals surface area contributed by atoms with E-state index in [-0.39, 0.29) is 12.3 Å². The fourth-order valence-electron chi connectivity index (χ4n) is 2.01. The normalized spacial score (nSPS) is 20.3. The summed E-state index contributed by atoms with van der Waals surface area (Å²) in [6.45, 7) is 1.21. The third kappa shape index (κ3) is 3.62. The Balaban J connectivity index is 1.88. The largest absolute Gasteiger partial charge is 0.468 e. The van der Waals surface area contributed by atoms with Gasteiger partial charge in [0.25, 0.3) is 0 Å². The Bertz CT molecular complexity index is 438. The number of nitrogens with zero attached hydrogens (tertiary/aromatic N) is 1. The standard InChI is InChI=1S/C14H17NO4/c1-18-14(17)12-9-15(8-7-13(12)16)19-10-11-5-3-2-4-6-11/h2-6,12H,7-10H2,1H3. The molecule has 1 atom stereocenters. The molecule has 2 rings (SSSR count). The van der Waals surface area contributed by atoms with Crippen LogP contribution in [0.2, 0.25) is 0 Å². The van der Waals surface area contributed by atoms with E-state index in [0.717, 1.165) is 5.56 Å². The first kappa shape index (κ1) is 13.7. The topological polar surface area (TPSA) is 55.8 Å². The third-order valence-electron chi connectivity index (χ3n) is 3.12. The highest BCUT2D eigenvalue weighted by Gasteiger charge is 2.34. The van der Waals surface area contributed by atoms with Crippen molar-refractivity contribution in [2.75, 3.05) is 20.2 Å². The van der Waals surface area contributed by atoms with Crippen LogP contribution in [0.4, 0.5) is 0 Å². The highest BCUT2D eigenvalue weighted by Crippen LogP contribution is 2.16. The van der Waals surface area contributed by atoms with Crippen LogP contribution in [0, 0.1) is 5.92 Å². The summed E-state index contributed by atoms with van der Waals surface area (Å²) in [5.41, 5.74) is 1.05. The molecule has 1 heterocycles. The second-order valence-corrected chi connectivity index (χ2v) is 4.44. The van der Waals surface area contributed by atoms with E-state index in [2.05, 4.69) is 4.74 Å². The molecule has 1 aliphatic heterocycles. The summed E-state index contributed by atoms with van der Waals surface area (Å²) in [7, 11) is 1.29. The van der Waals surface area contributed by atoms with E-state index in [0.29, 0.717) is 19.6 Å². The predicted octanol–water partition coefficient (Wildman–Crippen LogP) is 1.18. The van der Waals surface area contributed by atoms with Gasteiger partial charge in [0.1, 0.15) is 11.7 Å². The lowest BCUT2D eigenvalue weighted by Crippen LogP contribution is -2.44. The van der Waals surface area contributed by atoms with Crippen LogP contribution in [0.1, 0.15) is 12.0 Å². The molecular formula is C14H17NO4. The number of hydroxylamine groups is 2. The molecule has 1 fully saturated rings. The first-order valence-electron chi connectivity index (χ1n) is 6.23. The number of carbonyl (C=O) groups excluding carboxylic acids is 2. The van der Waals surface area contributed by atoms with Gasteiger partial charge in [-0.1, -0.05) is 30.3 Å². The second-order valence-electron chi connectivity index (χ2n) is 4.44. The molecule has 0 bridgehead atoms. The molecular weight excluding hydrogens is 246 g/mol. The lowest BCUT2D eigenvalue weighted by Gasteiger charge is -2.29. The van der Waals surface area contributed by atoms with Gasteiger partial charge >= 0.3 is 5.97 Å². The van der Waals surface area contributed by atoms with Crippen LogP contribution in [-0.4, -0.2) is 37.0 Å². The minimum absolute atomic E-state index is 0.0774. The molecule has 1 aliphatic rings. The maximum absolute atomic E-state index is 11.6. The summed E-state index contributed by atoms with van der Waals surface area (Å²) in [6, 6.07) is 9.75. The average molecular weight is 263 g/mol. The maximum atomic E-state index is 11.6. The highest BCUT2D eigenvalue weighted by molar-refractivity contribution is 5.99. The fraction of sp³-hybridized carbons (Fsp3) is 0.429.